The molecule has 1 aromatic heterocycles. The average molecular weight is 305 g/mol. The SMILES string of the molecule is Cc1ccc(SCCn2nnc(C(=O)O)c2C(C)C)cc1. The van der Waals surface area contributed by atoms with Crippen molar-refractivity contribution in [2.45, 2.75) is 38.1 Å². The first-order valence-corrected chi connectivity index (χ1v) is 7.83. The second kappa shape index (κ2) is 6.76. The van der Waals surface area contributed by atoms with Gasteiger partial charge in [0.1, 0.15) is 0 Å². The van der Waals surface area contributed by atoms with Crippen LogP contribution in [-0.4, -0.2) is 31.8 Å². The lowest BCUT2D eigenvalue weighted by molar-refractivity contribution is 0.0688. The van der Waals surface area contributed by atoms with Crippen molar-refractivity contribution >= 4 is 17.7 Å². The molecular weight excluding hydrogens is 286 g/mol. The highest BCUT2D eigenvalue weighted by atomic mass is 32.2. The van der Waals surface area contributed by atoms with Gasteiger partial charge in [0.2, 0.25) is 0 Å². The molecule has 0 aliphatic rings. The number of carboxylic acids is 1. The second-order valence-electron chi connectivity index (χ2n) is 5.17. The molecule has 5 nitrogen and oxygen atoms in total. The van der Waals surface area contributed by atoms with Crippen molar-refractivity contribution in [1.29, 1.82) is 0 Å². The standard InChI is InChI=1S/C15H19N3O2S/c1-10(2)14-13(15(19)20)16-17-18(14)8-9-21-12-6-4-11(3)5-7-12/h4-7,10H,8-9H2,1-3H3,(H,19,20). The molecule has 112 valence electrons. The summed E-state index contributed by atoms with van der Waals surface area (Å²) in [5.41, 5.74) is 1.99. The van der Waals surface area contributed by atoms with Crippen LogP contribution in [0.2, 0.25) is 0 Å². The summed E-state index contributed by atoms with van der Waals surface area (Å²) in [7, 11) is 0. The largest absolute Gasteiger partial charge is 0.476 e. The van der Waals surface area contributed by atoms with E-state index in [1.54, 1.807) is 16.4 Å². The van der Waals surface area contributed by atoms with Gasteiger partial charge in [-0.3, -0.25) is 0 Å². The molecule has 0 bridgehead atoms. The Morgan fingerprint density at radius 2 is 2.00 bits per heavy atom. The van der Waals surface area contributed by atoms with E-state index in [9.17, 15) is 4.79 Å². The highest BCUT2D eigenvalue weighted by Gasteiger charge is 2.21. The Hall–Kier alpha value is -1.82. The quantitative estimate of drug-likeness (QED) is 0.830. The van der Waals surface area contributed by atoms with Gasteiger partial charge in [-0.15, -0.1) is 16.9 Å². The van der Waals surface area contributed by atoms with E-state index in [1.807, 2.05) is 13.8 Å². The minimum atomic E-state index is -1.02. The maximum absolute atomic E-state index is 11.1. The molecule has 0 radical (unpaired) electrons. The van der Waals surface area contributed by atoms with Gasteiger partial charge in [0.15, 0.2) is 5.69 Å². The average Bonchev–Trinajstić information content (AvgIpc) is 2.85. The fraction of sp³-hybridized carbons (Fsp3) is 0.400. The molecule has 1 aromatic carbocycles. The van der Waals surface area contributed by atoms with Gasteiger partial charge in [0, 0.05) is 10.6 Å². The van der Waals surface area contributed by atoms with Gasteiger partial charge in [0.25, 0.3) is 0 Å². The number of carbonyl (C=O) groups is 1. The minimum absolute atomic E-state index is 0.0605. The van der Waals surface area contributed by atoms with Crippen LogP contribution in [0.15, 0.2) is 29.2 Å². The Labute approximate surface area is 128 Å². The molecule has 21 heavy (non-hydrogen) atoms. The Morgan fingerprint density at radius 1 is 1.33 bits per heavy atom. The van der Waals surface area contributed by atoms with Gasteiger partial charge in [-0.05, 0) is 25.0 Å². The van der Waals surface area contributed by atoms with Gasteiger partial charge < -0.3 is 5.11 Å². The number of hydrogen-bond donors (Lipinski definition) is 1. The van der Waals surface area contributed by atoms with Gasteiger partial charge in [-0.2, -0.15) is 0 Å². The van der Waals surface area contributed by atoms with E-state index < -0.39 is 5.97 Å². The number of aromatic carboxylic acids is 1. The smallest absolute Gasteiger partial charge is 0.358 e. The van der Waals surface area contributed by atoms with Crippen LogP contribution < -0.4 is 0 Å². The fourth-order valence-corrected chi connectivity index (χ4v) is 2.92. The van der Waals surface area contributed by atoms with E-state index >= 15 is 0 Å². The summed E-state index contributed by atoms with van der Waals surface area (Å²) >= 11 is 1.73. The molecule has 0 amide bonds. The van der Waals surface area contributed by atoms with E-state index in [4.69, 9.17) is 5.11 Å². The topological polar surface area (TPSA) is 68.0 Å². The summed E-state index contributed by atoms with van der Waals surface area (Å²) in [5.74, 6) is -0.114. The van der Waals surface area contributed by atoms with E-state index in [-0.39, 0.29) is 11.6 Å². The van der Waals surface area contributed by atoms with Crippen molar-refractivity contribution < 1.29 is 9.90 Å². The Bertz CT molecular complexity index is 620. The van der Waals surface area contributed by atoms with Crippen LogP contribution in [0.5, 0.6) is 0 Å². The molecule has 0 atom stereocenters. The third kappa shape index (κ3) is 3.85. The molecule has 1 heterocycles. The summed E-state index contributed by atoms with van der Waals surface area (Å²) in [4.78, 5) is 12.3. The number of aryl methyl sites for hydroxylation is 2. The number of rotatable bonds is 6. The molecule has 6 heteroatoms. The van der Waals surface area contributed by atoms with Crippen LogP contribution in [-0.2, 0) is 6.54 Å². The summed E-state index contributed by atoms with van der Waals surface area (Å²) in [6, 6.07) is 8.35. The second-order valence-corrected chi connectivity index (χ2v) is 6.34. The Morgan fingerprint density at radius 3 is 2.57 bits per heavy atom. The van der Waals surface area contributed by atoms with Crippen LogP contribution in [0.1, 0.15) is 41.5 Å². The molecule has 0 spiro atoms. The zero-order chi connectivity index (χ0) is 15.4. The first-order chi connectivity index (χ1) is 9.99. The highest BCUT2D eigenvalue weighted by Crippen LogP contribution is 2.21. The van der Waals surface area contributed by atoms with Crippen molar-refractivity contribution in [3.63, 3.8) is 0 Å². The molecule has 0 aliphatic carbocycles. The number of carboxylic acid groups (broad SMARTS) is 1. The molecule has 0 aliphatic heterocycles. The molecule has 0 saturated carbocycles. The predicted molar refractivity (Wildman–Crippen MR) is 83.0 cm³/mol. The minimum Gasteiger partial charge on any atom is -0.476 e. The lowest BCUT2D eigenvalue weighted by atomic mass is 10.1. The first kappa shape index (κ1) is 15.6. The fourth-order valence-electron chi connectivity index (χ4n) is 2.09. The van der Waals surface area contributed by atoms with Crippen molar-refractivity contribution in [2.75, 3.05) is 5.75 Å². The molecule has 0 fully saturated rings. The predicted octanol–water partition coefficient (Wildman–Crippen LogP) is 3.20. The zero-order valence-corrected chi connectivity index (χ0v) is 13.2. The van der Waals surface area contributed by atoms with Crippen molar-refractivity contribution in [3.8, 4) is 0 Å². The third-order valence-corrected chi connectivity index (χ3v) is 4.11. The molecule has 1 N–H and O–H groups in total. The lowest BCUT2D eigenvalue weighted by Gasteiger charge is -2.09. The van der Waals surface area contributed by atoms with Crippen LogP contribution in [0.25, 0.3) is 0 Å². The van der Waals surface area contributed by atoms with Crippen molar-refractivity contribution in [1.82, 2.24) is 15.0 Å². The van der Waals surface area contributed by atoms with Crippen LogP contribution >= 0.6 is 11.8 Å². The van der Waals surface area contributed by atoms with E-state index in [0.717, 1.165) is 5.75 Å². The third-order valence-electron chi connectivity index (χ3n) is 3.12. The molecular formula is C15H19N3O2S. The summed E-state index contributed by atoms with van der Waals surface area (Å²) in [6.45, 7) is 6.61. The van der Waals surface area contributed by atoms with Gasteiger partial charge in [-0.1, -0.05) is 36.8 Å². The maximum Gasteiger partial charge on any atom is 0.358 e. The Kier molecular flexibility index (Phi) is 5.01. The Balaban J connectivity index is 2.03. The summed E-state index contributed by atoms with van der Waals surface area (Å²) in [6.07, 6.45) is 0. The van der Waals surface area contributed by atoms with E-state index in [2.05, 4.69) is 41.5 Å². The number of thioether (sulfide) groups is 1. The molecule has 2 rings (SSSR count). The van der Waals surface area contributed by atoms with E-state index in [0.29, 0.717) is 12.2 Å². The maximum atomic E-state index is 11.1. The number of nitrogens with zero attached hydrogens (tertiary/aromatic N) is 3. The summed E-state index contributed by atoms with van der Waals surface area (Å²) < 4.78 is 1.70. The van der Waals surface area contributed by atoms with E-state index in [1.165, 1.54) is 10.5 Å². The van der Waals surface area contributed by atoms with Gasteiger partial charge in [0.05, 0.1) is 12.2 Å². The van der Waals surface area contributed by atoms with Crippen LogP contribution in [0, 0.1) is 6.92 Å². The highest BCUT2D eigenvalue weighted by molar-refractivity contribution is 7.99. The number of hydrogen-bond acceptors (Lipinski definition) is 4. The van der Waals surface area contributed by atoms with Gasteiger partial charge >= 0.3 is 5.97 Å². The number of aromatic nitrogens is 3. The van der Waals surface area contributed by atoms with Crippen molar-refractivity contribution in [2.24, 2.45) is 0 Å². The summed E-state index contributed by atoms with van der Waals surface area (Å²) in [5, 5.41) is 16.9. The zero-order valence-electron chi connectivity index (χ0n) is 12.4. The number of benzene rings is 1. The monoisotopic (exact) mass is 305 g/mol. The van der Waals surface area contributed by atoms with Gasteiger partial charge in [-0.25, -0.2) is 9.48 Å². The van der Waals surface area contributed by atoms with Crippen LogP contribution in [0.4, 0.5) is 0 Å². The molecule has 0 unspecified atom stereocenters. The normalized spacial score (nSPS) is 11.0. The molecule has 2 aromatic rings. The van der Waals surface area contributed by atoms with Crippen LogP contribution in [0.3, 0.4) is 0 Å². The first-order valence-electron chi connectivity index (χ1n) is 6.85. The molecule has 0 saturated heterocycles. The lowest BCUT2D eigenvalue weighted by Crippen LogP contribution is -2.11. The van der Waals surface area contributed by atoms with Crippen molar-refractivity contribution in [3.05, 3.63) is 41.2 Å².